The first-order valence-corrected chi connectivity index (χ1v) is 17.5. The number of hydrogen-bond donors (Lipinski definition) is 0. The Kier molecular flexibility index (Phi) is 9.07. The van der Waals surface area contributed by atoms with Gasteiger partial charge in [0.15, 0.2) is 11.6 Å². The van der Waals surface area contributed by atoms with Crippen LogP contribution < -0.4 is 4.18 Å². The molecule has 226 valence electrons. The van der Waals surface area contributed by atoms with Crippen LogP contribution in [-0.4, -0.2) is 21.4 Å². The average molecular weight is 614 g/mol. The molecule has 3 aliphatic rings. The Morgan fingerprint density at radius 1 is 0.610 bits per heavy atom. The van der Waals surface area contributed by atoms with E-state index in [4.69, 9.17) is 4.18 Å². The summed E-state index contributed by atoms with van der Waals surface area (Å²) in [6, 6.07) is 4.05. The third kappa shape index (κ3) is 6.46. The highest BCUT2D eigenvalue weighted by atomic mass is 32.2. The maximum Gasteiger partial charge on any atom is 0.339 e. The third-order valence-electron chi connectivity index (χ3n) is 9.12. The quantitative estimate of drug-likeness (QED) is 0.179. The zero-order chi connectivity index (χ0) is 29.4. The van der Waals surface area contributed by atoms with E-state index in [0.29, 0.717) is 17.0 Å². The minimum absolute atomic E-state index is 0.0587. The van der Waals surface area contributed by atoms with Crippen molar-refractivity contribution in [2.75, 3.05) is 0 Å². The number of benzene rings is 2. The van der Waals surface area contributed by atoms with Crippen LogP contribution in [0.5, 0.6) is 5.75 Å². The maximum absolute atomic E-state index is 14.9. The highest BCUT2D eigenvalue weighted by Gasteiger charge is 2.36. The molecule has 0 saturated heterocycles. The summed E-state index contributed by atoms with van der Waals surface area (Å²) in [6.45, 7) is 0. The van der Waals surface area contributed by atoms with Gasteiger partial charge in [-0.05, 0) is 73.0 Å². The molecule has 0 heterocycles. The molecule has 2 aromatic rings. The molecule has 2 aromatic carbocycles. The second-order valence-electron chi connectivity index (χ2n) is 11.8. The maximum atomic E-state index is 14.9. The lowest BCUT2D eigenvalue weighted by atomic mass is 9.76. The molecule has 41 heavy (non-hydrogen) atoms. The average Bonchev–Trinajstić information content (AvgIpc) is 2.95. The van der Waals surface area contributed by atoms with E-state index >= 15 is 0 Å². The van der Waals surface area contributed by atoms with Crippen LogP contribution in [0.4, 0.5) is 13.2 Å². The highest BCUT2D eigenvalue weighted by Crippen LogP contribution is 2.46. The summed E-state index contributed by atoms with van der Waals surface area (Å²) >= 11 is 0. The molecule has 0 radical (unpaired) electrons. The van der Waals surface area contributed by atoms with E-state index in [9.17, 15) is 34.6 Å². The molecule has 3 fully saturated rings. The molecular weight excluding hydrogens is 577 g/mol. The first kappa shape index (κ1) is 30.4. The van der Waals surface area contributed by atoms with Crippen LogP contribution >= 0.6 is 0 Å². The fourth-order valence-electron chi connectivity index (χ4n) is 7.10. The van der Waals surface area contributed by atoms with Gasteiger partial charge in [0.2, 0.25) is 5.82 Å². The van der Waals surface area contributed by atoms with Gasteiger partial charge >= 0.3 is 10.1 Å². The minimum atomic E-state index is -5.70. The molecule has 0 aliphatic heterocycles. The smallest absolute Gasteiger partial charge is 0.339 e. The number of hydrogen-bond acceptors (Lipinski definition) is 6. The van der Waals surface area contributed by atoms with Crippen molar-refractivity contribution in [2.45, 2.75) is 124 Å². The molecule has 6 nitrogen and oxygen atoms in total. The summed E-state index contributed by atoms with van der Waals surface area (Å²) in [6.07, 6.45) is 14.4. The van der Waals surface area contributed by atoms with Crippen LogP contribution in [0.1, 0.15) is 131 Å². The van der Waals surface area contributed by atoms with Crippen LogP contribution in [0.25, 0.3) is 0 Å². The Balaban J connectivity index is 1.68. The third-order valence-corrected chi connectivity index (χ3v) is 11.4. The highest BCUT2D eigenvalue weighted by molar-refractivity contribution is 7.87. The van der Waals surface area contributed by atoms with Crippen LogP contribution in [0.2, 0.25) is 0 Å². The lowest BCUT2D eigenvalue weighted by molar-refractivity contribution is 0.396. The monoisotopic (exact) mass is 613 g/mol. The van der Waals surface area contributed by atoms with E-state index in [-0.39, 0.29) is 22.8 Å². The number of rotatable bonds is 7. The van der Waals surface area contributed by atoms with Gasteiger partial charge in [0.05, 0.1) is 0 Å². The van der Waals surface area contributed by atoms with Crippen LogP contribution in [0.3, 0.4) is 0 Å². The molecular formula is C30H36F3O6S2-. The van der Waals surface area contributed by atoms with E-state index in [1.54, 1.807) is 0 Å². The van der Waals surface area contributed by atoms with Crippen molar-refractivity contribution in [3.05, 3.63) is 52.3 Å². The lowest BCUT2D eigenvalue weighted by Crippen LogP contribution is -2.22. The predicted octanol–water partition coefficient (Wildman–Crippen LogP) is 7.92. The summed E-state index contributed by atoms with van der Waals surface area (Å²) in [4.78, 5) is -2.07. The van der Waals surface area contributed by atoms with Gasteiger partial charge in [0.25, 0.3) is 0 Å². The van der Waals surface area contributed by atoms with Crippen LogP contribution in [-0.2, 0) is 20.2 Å². The van der Waals surface area contributed by atoms with Gasteiger partial charge in [-0.3, -0.25) is 0 Å². The minimum Gasteiger partial charge on any atom is -0.744 e. The lowest BCUT2D eigenvalue weighted by Gasteiger charge is -2.32. The molecule has 0 bridgehead atoms. The summed E-state index contributed by atoms with van der Waals surface area (Å²) in [5.74, 6) is -7.42. The zero-order valence-electron chi connectivity index (χ0n) is 23.0. The Morgan fingerprint density at radius 2 is 1.05 bits per heavy atom. The zero-order valence-corrected chi connectivity index (χ0v) is 24.6. The standard InChI is InChI=1S/C30H37F3O6S2/c31-25-18-26(27(32)28(33)30(25)40(34,35)36)39-41(37,38)29-23(20-12-6-2-7-13-20)16-22(19-10-4-1-5-11-19)17-24(29)21-14-8-3-9-15-21/h16-21H,1-15H2,(H,34,35,36)/p-1. The Morgan fingerprint density at radius 3 is 1.49 bits per heavy atom. The van der Waals surface area contributed by atoms with Gasteiger partial charge in [-0.15, -0.1) is 0 Å². The molecule has 0 aromatic heterocycles. The SMILES string of the molecule is O=S(=O)([O-])c1c(F)cc(OS(=O)(=O)c2c(C3CCCCC3)cc(C3CCCCC3)cc2C2CCCCC2)c(F)c1F. The molecule has 0 amide bonds. The van der Waals surface area contributed by atoms with Gasteiger partial charge in [-0.2, -0.15) is 12.8 Å². The first-order valence-electron chi connectivity index (χ1n) is 14.7. The molecule has 0 unspecified atom stereocenters. The van der Waals surface area contributed by atoms with Gasteiger partial charge < -0.3 is 8.74 Å². The van der Waals surface area contributed by atoms with Crippen molar-refractivity contribution in [2.24, 2.45) is 0 Å². The Bertz CT molecular complexity index is 1450. The van der Waals surface area contributed by atoms with Gasteiger partial charge in [0, 0.05) is 6.07 Å². The second-order valence-corrected chi connectivity index (χ2v) is 14.6. The van der Waals surface area contributed by atoms with Crippen LogP contribution in [0, 0.1) is 17.5 Å². The summed E-state index contributed by atoms with van der Waals surface area (Å²) < 4.78 is 111. The van der Waals surface area contributed by atoms with Gasteiger partial charge in [0.1, 0.15) is 25.7 Å². The summed E-state index contributed by atoms with van der Waals surface area (Å²) in [5.41, 5.74) is 2.35. The molecule has 3 aliphatic carbocycles. The van der Waals surface area contributed by atoms with Crippen molar-refractivity contribution in [1.82, 2.24) is 0 Å². The van der Waals surface area contributed by atoms with E-state index < -0.39 is 48.3 Å². The molecule has 0 spiro atoms. The molecule has 5 rings (SSSR count). The summed E-state index contributed by atoms with van der Waals surface area (Å²) in [5, 5.41) is 0. The molecule has 0 atom stereocenters. The summed E-state index contributed by atoms with van der Waals surface area (Å²) in [7, 11) is -10.5. The van der Waals surface area contributed by atoms with E-state index in [1.165, 1.54) is 6.42 Å². The van der Waals surface area contributed by atoms with Crippen molar-refractivity contribution in [1.29, 1.82) is 0 Å². The van der Waals surface area contributed by atoms with Crippen molar-refractivity contribution < 1.29 is 38.7 Å². The molecule has 3 saturated carbocycles. The fraction of sp³-hybridized carbons (Fsp3) is 0.600. The first-order chi connectivity index (χ1) is 19.5. The molecule has 0 N–H and O–H groups in total. The largest absolute Gasteiger partial charge is 0.744 e. The van der Waals surface area contributed by atoms with Crippen LogP contribution in [0.15, 0.2) is 28.0 Å². The van der Waals surface area contributed by atoms with Gasteiger partial charge in [-0.1, -0.05) is 69.9 Å². The van der Waals surface area contributed by atoms with E-state index in [2.05, 4.69) is 0 Å². The second kappa shape index (κ2) is 12.2. The van der Waals surface area contributed by atoms with E-state index in [1.807, 2.05) is 12.1 Å². The topological polar surface area (TPSA) is 101 Å². The predicted molar refractivity (Wildman–Crippen MR) is 146 cm³/mol. The van der Waals surface area contributed by atoms with Crippen molar-refractivity contribution in [3.8, 4) is 5.75 Å². The van der Waals surface area contributed by atoms with Gasteiger partial charge in [-0.25, -0.2) is 17.2 Å². The van der Waals surface area contributed by atoms with E-state index in [0.717, 1.165) is 95.5 Å². The van der Waals surface area contributed by atoms with Crippen molar-refractivity contribution >= 4 is 20.2 Å². The Hall–Kier alpha value is -2.11. The normalized spacial score (nSPS) is 20.3. The number of halogens is 3. The Labute approximate surface area is 240 Å². The fourth-order valence-corrected chi connectivity index (χ4v) is 9.18. The molecule has 11 heteroatoms. The van der Waals surface area contributed by atoms with Crippen molar-refractivity contribution in [3.63, 3.8) is 0 Å².